The summed E-state index contributed by atoms with van der Waals surface area (Å²) in [7, 11) is 1.16. The highest BCUT2D eigenvalue weighted by atomic mass is 16.6. The number of nitrogens with two attached hydrogens (primary N) is 1. The maximum Gasteiger partial charge on any atom is 0.425 e. The first-order valence-corrected chi connectivity index (χ1v) is 5.36. The van der Waals surface area contributed by atoms with Crippen LogP contribution >= 0.6 is 0 Å². The summed E-state index contributed by atoms with van der Waals surface area (Å²) in [5, 5.41) is 3.23. The van der Waals surface area contributed by atoms with Crippen molar-refractivity contribution in [2.75, 3.05) is 13.7 Å². The third-order valence-corrected chi connectivity index (χ3v) is 1.91. The highest BCUT2D eigenvalue weighted by Crippen LogP contribution is 2.11. The minimum atomic E-state index is -1.09. The lowest BCUT2D eigenvalue weighted by molar-refractivity contribution is -0.147. The zero-order valence-electron chi connectivity index (χ0n) is 11.0. The van der Waals surface area contributed by atoms with E-state index in [0.717, 1.165) is 7.11 Å². The van der Waals surface area contributed by atoms with Gasteiger partial charge in [0.25, 0.3) is 0 Å². The summed E-state index contributed by atoms with van der Waals surface area (Å²) in [6, 6.07) is -1.09. The maximum atomic E-state index is 11.6. The Morgan fingerprint density at radius 3 is 2.33 bits per heavy atom. The van der Waals surface area contributed by atoms with Gasteiger partial charge in [-0.05, 0) is 20.8 Å². The van der Waals surface area contributed by atoms with E-state index in [4.69, 9.17) is 10.6 Å². The molecule has 0 heterocycles. The van der Waals surface area contributed by atoms with Gasteiger partial charge in [0.05, 0.1) is 13.7 Å². The van der Waals surface area contributed by atoms with Crippen LogP contribution in [0.4, 0.5) is 4.79 Å². The Labute approximate surface area is 105 Å². The number of ether oxygens (including phenoxy) is 2. The molecule has 0 aliphatic heterocycles. The van der Waals surface area contributed by atoms with Gasteiger partial charge in [0.15, 0.2) is 6.04 Å². The molecule has 0 spiro atoms. The largest absolute Gasteiger partial charge is 0.467 e. The summed E-state index contributed by atoms with van der Waals surface area (Å²) in [6.07, 6.45) is -0.893. The fourth-order valence-electron chi connectivity index (χ4n) is 1.12. The monoisotopic (exact) mass is 261 g/mol. The van der Waals surface area contributed by atoms with E-state index in [2.05, 4.69) is 9.91 Å². The number of carbonyl (C=O) groups is 2. The molecule has 8 heteroatoms. The summed E-state index contributed by atoms with van der Waals surface area (Å²) in [5.41, 5.74) is -0.738. The van der Waals surface area contributed by atoms with Crippen LogP contribution in [0.25, 0.3) is 0 Å². The van der Waals surface area contributed by atoms with Crippen LogP contribution < -0.4 is 5.84 Å². The number of methoxy groups -OCH3 is 1. The first-order valence-electron chi connectivity index (χ1n) is 5.36. The molecule has 0 fully saturated rings. The summed E-state index contributed by atoms with van der Waals surface area (Å²) in [5.74, 6) is 4.77. The van der Waals surface area contributed by atoms with E-state index >= 15 is 0 Å². The summed E-state index contributed by atoms with van der Waals surface area (Å²) in [4.78, 5) is 33.1. The Bertz CT molecular complexity index is 313. The molecule has 0 saturated carbocycles. The van der Waals surface area contributed by atoms with Gasteiger partial charge in [0.2, 0.25) is 0 Å². The topological polar surface area (TPSA) is 111 Å². The van der Waals surface area contributed by atoms with Crippen molar-refractivity contribution in [1.29, 1.82) is 0 Å². The molecule has 104 valence electrons. The van der Waals surface area contributed by atoms with Gasteiger partial charge in [-0.1, -0.05) is 5.18 Å². The summed E-state index contributed by atoms with van der Waals surface area (Å²) < 4.78 is 9.50. The van der Waals surface area contributed by atoms with Crippen molar-refractivity contribution in [2.24, 2.45) is 11.0 Å². The van der Waals surface area contributed by atoms with Gasteiger partial charge >= 0.3 is 12.1 Å². The SMILES string of the molecule is COC(=O)C(CCN=O)N(N)C(=O)OC(C)(C)C. The molecule has 0 aromatic carbocycles. The Morgan fingerprint density at radius 1 is 1.39 bits per heavy atom. The van der Waals surface area contributed by atoms with Crippen LogP contribution in [-0.4, -0.2) is 42.4 Å². The third-order valence-electron chi connectivity index (χ3n) is 1.91. The first-order chi connectivity index (χ1) is 8.22. The Kier molecular flexibility index (Phi) is 6.24. The number of nitrogens with zero attached hydrogens (tertiary/aromatic N) is 2. The van der Waals surface area contributed by atoms with E-state index < -0.39 is 23.7 Å². The molecule has 1 atom stereocenters. The second kappa shape index (κ2) is 6.90. The molecular formula is C10H19N3O5. The van der Waals surface area contributed by atoms with Gasteiger partial charge in [-0.15, -0.1) is 0 Å². The van der Waals surface area contributed by atoms with Crippen LogP contribution in [0.2, 0.25) is 0 Å². The van der Waals surface area contributed by atoms with Gasteiger partial charge in [0, 0.05) is 6.42 Å². The van der Waals surface area contributed by atoms with E-state index in [0.29, 0.717) is 5.01 Å². The van der Waals surface area contributed by atoms with Gasteiger partial charge < -0.3 is 9.47 Å². The highest BCUT2D eigenvalue weighted by Gasteiger charge is 2.31. The number of amides is 1. The van der Waals surface area contributed by atoms with E-state index in [9.17, 15) is 14.5 Å². The quantitative estimate of drug-likeness (QED) is 0.257. The predicted molar refractivity (Wildman–Crippen MR) is 63.3 cm³/mol. The second-order valence-corrected chi connectivity index (χ2v) is 4.57. The van der Waals surface area contributed by atoms with E-state index in [-0.39, 0.29) is 13.0 Å². The minimum absolute atomic E-state index is 0.0219. The highest BCUT2D eigenvalue weighted by molar-refractivity contribution is 5.81. The molecule has 0 aliphatic carbocycles. The van der Waals surface area contributed by atoms with E-state index in [1.807, 2.05) is 0 Å². The average Bonchev–Trinajstić information content (AvgIpc) is 2.26. The van der Waals surface area contributed by atoms with Gasteiger partial charge in [0.1, 0.15) is 5.60 Å². The van der Waals surface area contributed by atoms with Crippen LogP contribution in [0.15, 0.2) is 5.18 Å². The second-order valence-electron chi connectivity index (χ2n) is 4.57. The molecule has 2 N–H and O–H groups in total. The molecule has 0 aromatic rings. The van der Waals surface area contributed by atoms with Crippen LogP contribution in [0.3, 0.4) is 0 Å². The normalized spacial score (nSPS) is 12.5. The summed E-state index contributed by atoms with van der Waals surface area (Å²) in [6.45, 7) is 4.84. The number of hydrogen-bond donors (Lipinski definition) is 1. The average molecular weight is 261 g/mol. The lowest BCUT2D eigenvalue weighted by Gasteiger charge is -2.28. The van der Waals surface area contributed by atoms with Crippen LogP contribution in [0.1, 0.15) is 27.2 Å². The predicted octanol–water partition coefficient (Wildman–Crippen LogP) is 0.795. The van der Waals surface area contributed by atoms with Gasteiger partial charge in [-0.2, -0.15) is 4.91 Å². The van der Waals surface area contributed by atoms with Crippen molar-refractivity contribution in [2.45, 2.75) is 38.8 Å². The fourth-order valence-corrected chi connectivity index (χ4v) is 1.12. The lowest BCUT2D eigenvalue weighted by atomic mass is 10.2. The molecule has 18 heavy (non-hydrogen) atoms. The van der Waals surface area contributed by atoms with Crippen LogP contribution in [-0.2, 0) is 14.3 Å². The Hall–Kier alpha value is -1.70. The van der Waals surface area contributed by atoms with E-state index in [1.165, 1.54) is 0 Å². The third kappa shape index (κ3) is 5.58. The minimum Gasteiger partial charge on any atom is -0.467 e. The molecule has 0 aromatic heterocycles. The van der Waals surface area contributed by atoms with Gasteiger partial charge in [-0.25, -0.2) is 20.4 Å². The number of carbonyl (C=O) groups excluding carboxylic acids is 2. The number of esters is 1. The summed E-state index contributed by atoms with van der Waals surface area (Å²) >= 11 is 0. The van der Waals surface area contributed by atoms with Crippen LogP contribution in [0, 0.1) is 4.91 Å². The zero-order chi connectivity index (χ0) is 14.3. The van der Waals surface area contributed by atoms with Crippen molar-refractivity contribution in [3.05, 3.63) is 4.91 Å². The Balaban J connectivity index is 4.72. The zero-order valence-corrected chi connectivity index (χ0v) is 11.0. The standard InChI is InChI=1S/C10H19N3O5/c1-10(2,3)18-9(15)13(11)7(5-6-12-16)8(14)17-4/h7H,5-6,11H2,1-4H3. The lowest BCUT2D eigenvalue weighted by Crippen LogP contribution is -2.52. The first kappa shape index (κ1) is 16.3. The molecule has 1 unspecified atom stereocenters. The molecule has 0 bridgehead atoms. The molecule has 0 aliphatic rings. The van der Waals surface area contributed by atoms with Crippen LogP contribution in [0.5, 0.6) is 0 Å². The van der Waals surface area contributed by atoms with Crippen molar-refractivity contribution in [3.8, 4) is 0 Å². The fraction of sp³-hybridized carbons (Fsp3) is 0.800. The van der Waals surface area contributed by atoms with Crippen molar-refractivity contribution in [3.63, 3.8) is 0 Å². The number of hydrogen-bond acceptors (Lipinski definition) is 7. The molecule has 0 saturated heterocycles. The molecule has 1 amide bonds. The molecule has 0 rings (SSSR count). The number of nitroso groups, excluding NO2 is 1. The van der Waals surface area contributed by atoms with E-state index in [1.54, 1.807) is 20.8 Å². The molecule has 8 nitrogen and oxygen atoms in total. The van der Waals surface area contributed by atoms with Gasteiger partial charge in [-0.3, -0.25) is 0 Å². The number of hydrazine groups is 1. The van der Waals surface area contributed by atoms with Crippen molar-refractivity contribution in [1.82, 2.24) is 5.01 Å². The Morgan fingerprint density at radius 2 is 1.94 bits per heavy atom. The van der Waals surface area contributed by atoms with Crippen molar-refractivity contribution < 1.29 is 19.1 Å². The number of rotatable bonds is 5. The smallest absolute Gasteiger partial charge is 0.425 e. The maximum absolute atomic E-state index is 11.6. The molecular weight excluding hydrogens is 242 g/mol. The van der Waals surface area contributed by atoms with Crippen molar-refractivity contribution >= 4 is 12.1 Å². The molecule has 0 radical (unpaired) electrons.